The second-order valence-electron chi connectivity index (χ2n) is 8.59. The topological polar surface area (TPSA) is 118 Å². The Bertz CT molecular complexity index is 935. The summed E-state index contributed by atoms with van der Waals surface area (Å²) in [4.78, 5) is 28.2. The average Bonchev–Trinajstić information content (AvgIpc) is 3.18. The number of nitrogen functional groups attached to an aromatic ring is 1. The predicted molar refractivity (Wildman–Crippen MR) is 114 cm³/mol. The molecule has 1 aromatic carbocycles. The summed E-state index contributed by atoms with van der Waals surface area (Å²) >= 11 is 0. The Morgan fingerprint density at radius 3 is 2.97 bits per heavy atom. The molecule has 0 radical (unpaired) electrons. The predicted octanol–water partition coefficient (Wildman–Crippen LogP) is 1.48. The second-order valence-corrected chi connectivity index (χ2v) is 8.59. The average molecular weight is 412 g/mol. The van der Waals surface area contributed by atoms with E-state index in [2.05, 4.69) is 30.5 Å². The molecule has 1 amide bonds. The summed E-state index contributed by atoms with van der Waals surface area (Å²) in [5.41, 5.74) is 7.45. The number of hydrogen-bond acceptors (Lipinski definition) is 8. The fourth-order valence-electron chi connectivity index (χ4n) is 4.30. The van der Waals surface area contributed by atoms with Crippen molar-refractivity contribution in [3.63, 3.8) is 0 Å². The lowest BCUT2D eigenvalue weighted by Gasteiger charge is -2.27. The van der Waals surface area contributed by atoms with Crippen LogP contribution in [0.3, 0.4) is 0 Å². The van der Waals surface area contributed by atoms with Crippen LogP contribution in [0.2, 0.25) is 0 Å². The first kappa shape index (κ1) is 20.5. The molecule has 30 heavy (non-hydrogen) atoms. The van der Waals surface area contributed by atoms with Crippen LogP contribution in [0.4, 0.5) is 17.6 Å². The molecule has 4 rings (SSSR count). The van der Waals surface area contributed by atoms with Crippen molar-refractivity contribution in [3.05, 3.63) is 35.7 Å². The van der Waals surface area contributed by atoms with Crippen LogP contribution in [0.5, 0.6) is 0 Å². The molecule has 0 unspecified atom stereocenters. The van der Waals surface area contributed by atoms with Gasteiger partial charge in [-0.3, -0.25) is 9.69 Å². The van der Waals surface area contributed by atoms with E-state index < -0.39 is 5.41 Å². The minimum Gasteiger partial charge on any atom is -0.380 e. The zero-order chi connectivity index (χ0) is 21.3. The van der Waals surface area contributed by atoms with E-state index in [4.69, 9.17) is 10.5 Å². The SMILES string of the molecule is Cc1cccc(Nc2nc(N)nc(CN3C[C@H]4COC[C@@]4(C(=O)NC(C)C)C3)n2)c1. The van der Waals surface area contributed by atoms with Crippen LogP contribution in [0.15, 0.2) is 24.3 Å². The van der Waals surface area contributed by atoms with Crippen LogP contribution in [-0.2, 0) is 16.1 Å². The van der Waals surface area contributed by atoms with E-state index >= 15 is 0 Å². The maximum atomic E-state index is 12.9. The van der Waals surface area contributed by atoms with Gasteiger partial charge in [0.2, 0.25) is 17.8 Å². The minimum absolute atomic E-state index is 0.0689. The van der Waals surface area contributed by atoms with Crippen LogP contribution < -0.4 is 16.4 Å². The Kier molecular flexibility index (Phi) is 5.57. The van der Waals surface area contributed by atoms with Crippen LogP contribution >= 0.6 is 0 Å². The highest BCUT2D eigenvalue weighted by Gasteiger charge is 2.55. The van der Waals surface area contributed by atoms with E-state index in [9.17, 15) is 4.79 Å². The van der Waals surface area contributed by atoms with Gasteiger partial charge in [-0.15, -0.1) is 0 Å². The fourth-order valence-corrected chi connectivity index (χ4v) is 4.30. The van der Waals surface area contributed by atoms with Crippen LogP contribution in [0, 0.1) is 18.3 Å². The largest absolute Gasteiger partial charge is 0.380 e. The smallest absolute Gasteiger partial charge is 0.232 e. The first-order valence-electron chi connectivity index (χ1n) is 10.3. The lowest BCUT2D eigenvalue weighted by atomic mass is 9.80. The minimum atomic E-state index is -0.508. The first-order chi connectivity index (χ1) is 14.3. The van der Waals surface area contributed by atoms with E-state index in [0.29, 0.717) is 38.1 Å². The second kappa shape index (κ2) is 8.16. The van der Waals surface area contributed by atoms with Crippen molar-refractivity contribution in [3.8, 4) is 0 Å². The Morgan fingerprint density at radius 2 is 2.20 bits per heavy atom. The van der Waals surface area contributed by atoms with Crippen molar-refractivity contribution in [2.75, 3.05) is 37.4 Å². The molecule has 9 heteroatoms. The lowest BCUT2D eigenvalue weighted by molar-refractivity contribution is -0.132. The molecule has 0 spiro atoms. The Labute approximate surface area is 176 Å². The zero-order valence-corrected chi connectivity index (χ0v) is 17.7. The van der Waals surface area contributed by atoms with Gasteiger partial charge in [-0.1, -0.05) is 12.1 Å². The molecule has 1 aromatic heterocycles. The summed E-state index contributed by atoms with van der Waals surface area (Å²) in [5.74, 6) is 1.40. The number of aryl methyl sites for hydroxylation is 1. The Balaban J connectivity index is 1.48. The molecule has 160 valence electrons. The number of nitrogens with one attached hydrogen (secondary N) is 2. The van der Waals surface area contributed by atoms with E-state index in [1.807, 2.05) is 45.0 Å². The highest BCUT2D eigenvalue weighted by atomic mass is 16.5. The molecule has 0 bridgehead atoms. The molecule has 0 aliphatic carbocycles. The number of benzene rings is 1. The third-order valence-electron chi connectivity index (χ3n) is 5.65. The Hall–Kier alpha value is -2.78. The molecule has 0 saturated carbocycles. The molecular formula is C21H29N7O2. The monoisotopic (exact) mass is 411 g/mol. The van der Waals surface area contributed by atoms with Gasteiger partial charge < -0.3 is 21.1 Å². The standard InChI is InChI=1S/C21H29N7O2/c1-13(2)23-18(29)21-11-28(8-15(21)10-30-12-21)9-17-25-19(22)27-20(26-17)24-16-6-4-5-14(3)7-16/h4-7,13,15H,8-12H2,1-3H3,(H,23,29)(H3,22,24,25,26,27)/t15-,21-/m0/s1. The highest BCUT2D eigenvalue weighted by Crippen LogP contribution is 2.42. The zero-order valence-electron chi connectivity index (χ0n) is 17.7. The van der Waals surface area contributed by atoms with Gasteiger partial charge >= 0.3 is 0 Å². The number of ether oxygens (including phenoxy) is 1. The number of hydrogen-bond donors (Lipinski definition) is 3. The van der Waals surface area contributed by atoms with Gasteiger partial charge in [-0.25, -0.2) is 0 Å². The van der Waals surface area contributed by atoms with Crippen molar-refractivity contribution >= 4 is 23.5 Å². The van der Waals surface area contributed by atoms with E-state index in [1.54, 1.807) is 0 Å². The molecule has 2 fully saturated rings. The van der Waals surface area contributed by atoms with Crippen LogP contribution in [0.25, 0.3) is 0 Å². The normalized spacial score (nSPS) is 23.5. The van der Waals surface area contributed by atoms with E-state index in [1.165, 1.54) is 0 Å². The summed E-state index contributed by atoms with van der Waals surface area (Å²) in [6.07, 6.45) is 0. The number of aromatic nitrogens is 3. The first-order valence-corrected chi connectivity index (χ1v) is 10.3. The summed E-state index contributed by atoms with van der Waals surface area (Å²) < 4.78 is 5.67. The molecular weight excluding hydrogens is 382 g/mol. The van der Waals surface area contributed by atoms with Crippen molar-refractivity contribution in [1.82, 2.24) is 25.2 Å². The van der Waals surface area contributed by atoms with Gasteiger partial charge in [0.15, 0.2) is 0 Å². The van der Waals surface area contributed by atoms with Gasteiger partial charge in [0, 0.05) is 30.7 Å². The number of carbonyl (C=O) groups is 1. The number of nitrogens with two attached hydrogens (primary N) is 1. The molecule has 2 saturated heterocycles. The molecule has 2 aliphatic rings. The molecule has 2 aromatic rings. The third kappa shape index (κ3) is 4.22. The summed E-state index contributed by atoms with van der Waals surface area (Å²) in [7, 11) is 0. The van der Waals surface area contributed by atoms with Gasteiger partial charge in [0.05, 0.1) is 25.2 Å². The van der Waals surface area contributed by atoms with E-state index in [-0.39, 0.29) is 23.8 Å². The summed E-state index contributed by atoms with van der Waals surface area (Å²) in [6, 6.07) is 8.05. The molecule has 2 atom stereocenters. The number of carbonyl (C=O) groups excluding carboxylic acids is 1. The van der Waals surface area contributed by atoms with Crippen LogP contribution in [0.1, 0.15) is 25.2 Å². The van der Waals surface area contributed by atoms with E-state index in [0.717, 1.165) is 17.8 Å². The summed E-state index contributed by atoms with van der Waals surface area (Å²) in [6.45, 7) is 8.90. The summed E-state index contributed by atoms with van der Waals surface area (Å²) in [5, 5.41) is 6.26. The number of anilines is 3. The van der Waals surface area contributed by atoms with Gasteiger partial charge in [-0.05, 0) is 38.5 Å². The lowest BCUT2D eigenvalue weighted by Crippen LogP contribution is -2.48. The molecule has 9 nitrogen and oxygen atoms in total. The number of likely N-dealkylation sites (tertiary alicyclic amines) is 1. The highest BCUT2D eigenvalue weighted by molar-refractivity contribution is 5.84. The van der Waals surface area contributed by atoms with Gasteiger partial charge in [0.25, 0.3) is 0 Å². The van der Waals surface area contributed by atoms with Crippen molar-refractivity contribution in [1.29, 1.82) is 0 Å². The Morgan fingerprint density at radius 1 is 1.37 bits per heavy atom. The maximum absolute atomic E-state index is 12.9. The quantitative estimate of drug-likeness (QED) is 0.654. The third-order valence-corrected chi connectivity index (χ3v) is 5.65. The van der Waals surface area contributed by atoms with Crippen molar-refractivity contribution < 1.29 is 9.53 Å². The number of nitrogens with zero attached hydrogens (tertiary/aromatic N) is 4. The molecule has 3 heterocycles. The van der Waals surface area contributed by atoms with Crippen molar-refractivity contribution in [2.45, 2.75) is 33.4 Å². The van der Waals surface area contributed by atoms with Gasteiger partial charge in [0.1, 0.15) is 5.82 Å². The van der Waals surface area contributed by atoms with Crippen LogP contribution in [-0.4, -0.2) is 58.1 Å². The molecule has 2 aliphatic heterocycles. The number of amides is 1. The fraction of sp³-hybridized carbons (Fsp3) is 0.524. The van der Waals surface area contributed by atoms with Crippen molar-refractivity contribution in [2.24, 2.45) is 11.3 Å². The maximum Gasteiger partial charge on any atom is 0.232 e. The number of fused-ring (bicyclic) bond motifs is 1. The number of rotatable bonds is 6. The molecule has 4 N–H and O–H groups in total. The van der Waals surface area contributed by atoms with Gasteiger partial charge in [-0.2, -0.15) is 15.0 Å².